The second-order valence-corrected chi connectivity index (χ2v) is 5.18. The van der Waals surface area contributed by atoms with Gasteiger partial charge in [-0.25, -0.2) is 4.79 Å². The minimum Gasteiger partial charge on any atom is -0.458 e. The van der Waals surface area contributed by atoms with Crippen LogP contribution in [0.15, 0.2) is 0 Å². The van der Waals surface area contributed by atoms with Gasteiger partial charge in [-0.05, 0) is 30.6 Å². The van der Waals surface area contributed by atoms with E-state index in [2.05, 4.69) is 20.8 Å². The van der Waals surface area contributed by atoms with Gasteiger partial charge in [-0.2, -0.15) is 0 Å². The molecule has 0 aliphatic heterocycles. The molecule has 4 heteroatoms. The van der Waals surface area contributed by atoms with E-state index in [0.717, 1.165) is 19.3 Å². The van der Waals surface area contributed by atoms with Gasteiger partial charge in [0.2, 0.25) is 0 Å². The van der Waals surface area contributed by atoms with E-state index < -0.39 is 12.3 Å². The molecule has 0 spiro atoms. The van der Waals surface area contributed by atoms with Gasteiger partial charge in [0.15, 0.2) is 0 Å². The predicted molar refractivity (Wildman–Crippen MR) is 59.4 cm³/mol. The van der Waals surface area contributed by atoms with Gasteiger partial charge in [-0.15, -0.1) is 0 Å². The lowest BCUT2D eigenvalue weighted by molar-refractivity contribution is -0.184. The molecule has 1 aliphatic carbocycles. The van der Waals surface area contributed by atoms with Crippen molar-refractivity contribution < 1.29 is 19.7 Å². The molecule has 1 fully saturated rings. The monoisotopic (exact) mass is 230 g/mol. The summed E-state index contributed by atoms with van der Waals surface area (Å²) in [7, 11) is 0. The molecule has 1 aliphatic rings. The third-order valence-corrected chi connectivity index (χ3v) is 3.44. The summed E-state index contributed by atoms with van der Waals surface area (Å²) in [5, 5.41) is 17.4. The number of ether oxygens (including phenoxy) is 1. The summed E-state index contributed by atoms with van der Waals surface area (Å²) in [5.41, 5.74) is 0. The number of aliphatic hydroxyl groups is 2. The first-order chi connectivity index (χ1) is 7.41. The zero-order valence-electron chi connectivity index (χ0n) is 10.2. The van der Waals surface area contributed by atoms with Gasteiger partial charge in [-0.3, -0.25) is 0 Å². The molecule has 1 unspecified atom stereocenters. The Labute approximate surface area is 96.6 Å². The third kappa shape index (κ3) is 3.46. The summed E-state index contributed by atoms with van der Waals surface area (Å²) < 4.78 is 5.16. The second-order valence-electron chi connectivity index (χ2n) is 5.18. The fourth-order valence-corrected chi connectivity index (χ4v) is 2.46. The van der Waals surface area contributed by atoms with Crippen molar-refractivity contribution in [1.82, 2.24) is 0 Å². The van der Waals surface area contributed by atoms with E-state index in [-0.39, 0.29) is 6.10 Å². The highest BCUT2D eigenvalue weighted by Gasteiger charge is 2.34. The summed E-state index contributed by atoms with van der Waals surface area (Å²) >= 11 is 0. The molecule has 1 rings (SSSR count). The summed E-state index contributed by atoms with van der Waals surface area (Å²) in [6.07, 6.45) is 0.834. The zero-order valence-corrected chi connectivity index (χ0v) is 10.2. The van der Waals surface area contributed by atoms with Gasteiger partial charge in [-0.1, -0.05) is 27.2 Å². The lowest BCUT2D eigenvalue weighted by atomic mass is 9.75. The Morgan fingerprint density at radius 1 is 1.31 bits per heavy atom. The Morgan fingerprint density at radius 2 is 1.94 bits per heavy atom. The number of rotatable bonds is 3. The minimum absolute atomic E-state index is 0.168. The van der Waals surface area contributed by atoms with E-state index in [4.69, 9.17) is 14.9 Å². The van der Waals surface area contributed by atoms with Crippen molar-refractivity contribution in [3.05, 3.63) is 0 Å². The first-order valence-corrected chi connectivity index (χ1v) is 5.98. The molecule has 3 atom stereocenters. The fourth-order valence-electron chi connectivity index (χ4n) is 2.46. The lowest BCUT2D eigenvalue weighted by Gasteiger charge is -2.36. The van der Waals surface area contributed by atoms with Crippen molar-refractivity contribution >= 4 is 5.97 Å². The number of hydrogen-bond donors (Lipinski definition) is 2. The second kappa shape index (κ2) is 5.64. The molecule has 2 N–H and O–H groups in total. The number of aliphatic hydroxyl groups excluding tert-OH is 1. The van der Waals surface area contributed by atoms with Gasteiger partial charge in [0, 0.05) is 0 Å². The van der Waals surface area contributed by atoms with Crippen LogP contribution in [0.2, 0.25) is 0 Å². The van der Waals surface area contributed by atoms with E-state index in [9.17, 15) is 4.79 Å². The highest BCUT2D eigenvalue weighted by molar-refractivity contribution is 5.72. The van der Waals surface area contributed by atoms with Crippen LogP contribution in [0.3, 0.4) is 0 Å². The molecular weight excluding hydrogens is 208 g/mol. The van der Waals surface area contributed by atoms with Crippen LogP contribution in [-0.4, -0.2) is 28.6 Å². The molecule has 0 aromatic heterocycles. The van der Waals surface area contributed by atoms with Crippen LogP contribution in [0.5, 0.6) is 0 Å². The smallest absolute Gasteiger partial charge is 0.363 e. The number of esters is 1. The Balaban J connectivity index is 2.61. The number of carbonyl (C=O) groups is 1. The molecule has 0 bridgehead atoms. The maximum Gasteiger partial charge on any atom is 0.363 e. The highest BCUT2D eigenvalue weighted by atomic mass is 16.6. The zero-order chi connectivity index (χ0) is 12.3. The van der Waals surface area contributed by atoms with Crippen LogP contribution in [-0.2, 0) is 9.53 Å². The Morgan fingerprint density at radius 3 is 2.44 bits per heavy atom. The van der Waals surface area contributed by atoms with Crippen LogP contribution in [0, 0.1) is 17.8 Å². The van der Waals surface area contributed by atoms with E-state index in [1.165, 1.54) is 0 Å². The molecular formula is C12H22O4. The van der Waals surface area contributed by atoms with Crippen LogP contribution in [0.25, 0.3) is 0 Å². The molecule has 4 nitrogen and oxygen atoms in total. The Bertz CT molecular complexity index is 237. The number of carbonyl (C=O) groups excluding carboxylic acids is 1. The first kappa shape index (κ1) is 13.5. The maximum atomic E-state index is 11.2. The molecule has 0 amide bonds. The maximum absolute atomic E-state index is 11.2. The molecule has 16 heavy (non-hydrogen) atoms. The topological polar surface area (TPSA) is 66.8 Å². The van der Waals surface area contributed by atoms with Crippen LogP contribution in [0.1, 0.15) is 40.0 Å². The van der Waals surface area contributed by atoms with E-state index >= 15 is 0 Å². The Hall–Kier alpha value is -0.610. The average molecular weight is 230 g/mol. The molecule has 0 aromatic rings. The molecule has 0 radical (unpaired) electrons. The standard InChI is InChI=1S/C12H22O4/c1-7(2)9-5-4-8(3)6-10(9)16-12(15)11(13)14/h7-11,13-14H,4-6H2,1-3H3/t8-,9?,10-/m0/s1. The SMILES string of the molecule is CC(C)C1CC[C@H](C)C[C@@H]1OC(=O)C(O)O. The van der Waals surface area contributed by atoms with Gasteiger partial charge >= 0.3 is 5.97 Å². The van der Waals surface area contributed by atoms with Gasteiger partial charge < -0.3 is 14.9 Å². The largest absolute Gasteiger partial charge is 0.458 e. The van der Waals surface area contributed by atoms with Crippen molar-refractivity contribution in [2.24, 2.45) is 17.8 Å². The molecule has 1 saturated carbocycles. The third-order valence-electron chi connectivity index (χ3n) is 3.44. The normalized spacial score (nSPS) is 30.8. The first-order valence-electron chi connectivity index (χ1n) is 5.98. The highest BCUT2D eigenvalue weighted by Crippen LogP contribution is 2.35. The van der Waals surface area contributed by atoms with E-state index in [0.29, 0.717) is 17.8 Å². The molecule has 0 heterocycles. The van der Waals surface area contributed by atoms with Gasteiger partial charge in [0.1, 0.15) is 6.10 Å². The fraction of sp³-hybridized carbons (Fsp3) is 0.917. The van der Waals surface area contributed by atoms with Gasteiger partial charge in [0.05, 0.1) is 0 Å². The summed E-state index contributed by atoms with van der Waals surface area (Å²) in [4.78, 5) is 11.2. The van der Waals surface area contributed by atoms with E-state index in [1.807, 2.05) is 0 Å². The summed E-state index contributed by atoms with van der Waals surface area (Å²) in [6, 6.07) is 0. The average Bonchev–Trinajstić information content (AvgIpc) is 2.16. The Kier molecular flexibility index (Phi) is 4.74. The van der Waals surface area contributed by atoms with Crippen LogP contribution in [0.4, 0.5) is 0 Å². The van der Waals surface area contributed by atoms with Crippen LogP contribution < -0.4 is 0 Å². The van der Waals surface area contributed by atoms with Gasteiger partial charge in [0.25, 0.3) is 6.29 Å². The molecule has 0 aromatic carbocycles. The number of hydrogen-bond acceptors (Lipinski definition) is 4. The summed E-state index contributed by atoms with van der Waals surface area (Å²) in [6.45, 7) is 6.35. The predicted octanol–water partition coefficient (Wildman–Crippen LogP) is 1.30. The quantitative estimate of drug-likeness (QED) is 0.566. The van der Waals surface area contributed by atoms with Crippen molar-refractivity contribution in [2.75, 3.05) is 0 Å². The molecule has 0 saturated heterocycles. The minimum atomic E-state index is -2.01. The van der Waals surface area contributed by atoms with E-state index in [1.54, 1.807) is 0 Å². The lowest BCUT2D eigenvalue weighted by Crippen LogP contribution is -2.38. The van der Waals surface area contributed by atoms with Crippen molar-refractivity contribution in [2.45, 2.75) is 52.4 Å². The summed E-state index contributed by atoms with van der Waals surface area (Å²) in [5.74, 6) is 0.383. The molecule has 94 valence electrons. The van der Waals surface area contributed by atoms with Crippen LogP contribution >= 0.6 is 0 Å². The van der Waals surface area contributed by atoms with Crippen molar-refractivity contribution in [3.8, 4) is 0 Å². The van der Waals surface area contributed by atoms with Crippen molar-refractivity contribution in [1.29, 1.82) is 0 Å². The van der Waals surface area contributed by atoms with Crippen molar-refractivity contribution in [3.63, 3.8) is 0 Å².